The molecule has 0 saturated heterocycles. The minimum absolute atomic E-state index is 0.151. The summed E-state index contributed by atoms with van der Waals surface area (Å²) in [6, 6.07) is 5.31. The lowest BCUT2D eigenvalue weighted by molar-refractivity contribution is 0.0922. The number of carbonyl (C=O) groups excluding carboxylic acids is 1. The van der Waals surface area contributed by atoms with Gasteiger partial charge in [-0.2, -0.15) is 0 Å². The molecular formula is C12H13N3O3. The number of carbonyl (C=O) groups is 1. The zero-order valence-electron chi connectivity index (χ0n) is 9.84. The topological polar surface area (TPSA) is 90.4 Å². The van der Waals surface area contributed by atoms with Gasteiger partial charge in [0.05, 0.1) is 12.5 Å². The first-order valence-corrected chi connectivity index (χ1v) is 5.33. The van der Waals surface area contributed by atoms with Gasteiger partial charge in [-0.3, -0.25) is 15.2 Å². The number of nitrogens with zero attached hydrogens (tertiary/aromatic N) is 1. The maximum atomic E-state index is 11.4. The van der Waals surface area contributed by atoms with E-state index in [4.69, 9.17) is 15.0 Å². The molecule has 0 unspecified atom stereocenters. The quantitative estimate of drug-likeness (QED) is 0.480. The lowest BCUT2D eigenvalue weighted by Crippen LogP contribution is -2.30. The highest BCUT2D eigenvalue weighted by atomic mass is 16.5. The molecule has 0 spiro atoms. The van der Waals surface area contributed by atoms with E-state index in [1.54, 1.807) is 12.3 Å². The second-order valence-corrected chi connectivity index (χ2v) is 3.67. The van der Waals surface area contributed by atoms with Crippen LogP contribution in [0.15, 0.2) is 35.1 Å². The molecule has 0 aromatic carbocycles. The molecule has 2 rings (SSSR count). The summed E-state index contributed by atoms with van der Waals surface area (Å²) >= 11 is 0. The first-order valence-electron chi connectivity index (χ1n) is 5.33. The van der Waals surface area contributed by atoms with Crippen molar-refractivity contribution < 1.29 is 13.9 Å². The Bertz CT molecular complexity index is 534. The minimum Gasteiger partial charge on any atom is -0.487 e. The predicted molar refractivity (Wildman–Crippen MR) is 63.7 cm³/mol. The smallest absolute Gasteiger partial charge is 0.301 e. The third-order valence-electron chi connectivity index (χ3n) is 2.36. The summed E-state index contributed by atoms with van der Waals surface area (Å²) in [6.45, 7) is 2.10. The van der Waals surface area contributed by atoms with Gasteiger partial charge in [-0.1, -0.05) is 0 Å². The Labute approximate surface area is 104 Å². The van der Waals surface area contributed by atoms with Crippen molar-refractivity contribution in [1.29, 1.82) is 0 Å². The monoisotopic (exact) mass is 247 g/mol. The number of pyridine rings is 1. The van der Waals surface area contributed by atoms with Crippen LogP contribution in [-0.4, -0.2) is 10.9 Å². The average Bonchev–Trinajstić information content (AvgIpc) is 2.85. The molecule has 2 heterocycles. The normalized spacial score (nSPS) is 10.1. The van der Waals surface area contributed by atoms with Gasteiger partial charge in [0.25, 0.3) is 0 Å². The van der Waals surface area contributed by atoms with Gasteiger partial charge in [0, 0.05) is 11.3 Å². The van der Waals surface area contributed by atoms with Crippen molar-refractivity contribution >= 4 is 5.91 Å². The molecule has 6 heteroatoms. The Hall–Kier alpha value is -2.34. The first kappa shape index (κ1) is 12.1. The van der Waals surface area contributed by atoms with Crippen LogP contribution in [0.25, 0.3) is 0 Å². The Morgan fingerprint density at radius 3 is 3.00 bits per heavy atom. The third kappa shape index (κ3) is 2.67. The van der Waals surface area contributed by atoms with Crippen molar-refractivity contribution in [3.05, 3.63) is 47.7 Å². The maximum Gasteiger partial charge on any atom is 0.301 e. The number of hydrazine groups is 1. The SMILES string of the molecule is Cc1ccc(OCc2ccoc2C(=O)NN)cn1. The Balaban J connectivity index is 2.04. The number of aromatic nitrogens is 1. The van der Waals surface area contributed by atoms with Crippen molar-refractivity contribution in [3.8, 4) is 5.75 Å². The molecule has 0 radical (unpaired) electrons. The highest BCUT2D eigenvalue weighted by Crippen LogP contribution is 2.15. The van der Waals surface area contributed by atoms with Crippen LogP contribution in [0, 0.1) is 6.92 Å². The lowest BCUT2D eigenvalue weighted by atomic mass is 10.2. The van der Waals surface area contributed by atoms with Crippen molar-refractivity contribution in [3.63, 3.8) is 0 Å². The fourth-order valence-electron chi connectivity index (χ4n) is 1.41. The number of rotatable bonds is 4. The van der Waals surface area contributed by atoms with Crippen molar-refractivity contribution in [1.82, 2.24) is 10.4 Å². The molecule has 18 heavy (non-hydrogen) atoms. The Morgan fingerprint density at radius 2 is 2.33 bits per heavy atom. The molecule has 2 aromatic heterocycles. The van der Waals surface area contributed by atoms with Gasteiger partial charge in [-0.25, -0.2) is 5.84 Å². The number of amides is 1. The second-order valence-electron chi connectivity index (χ2n) is 3.67. The zero-order chi connectivity index (χ0) is 13.0. The van der Waals surface area contributed by atoms with E-state index >= 15 is 0 Å². The van der Waals surface area contributed by atoms with Gasteiger partial charge in [0.1, 0.15) is 12.4 Å². The van der Waals surface area contributed by atoms with Gasteiger partial charge in [0.15, 0.2) is 5.76 Å². The maximum absolute atomic E-state index is 11.4. The van der Waals surface area contributed by atoms with Gasteiger partial charge in [0.2, 0.25) is 0 Å². The van der Waals surface area contributed by atoms with E-state index in [1.807, 2.05) is 24.5 Å². The fraction of sp³-hybridized carbons (Fsp3) is 0.167. The van der Waals surface area contributed by atoms with Crippen LogP contribution in [-0.2, 0) is 6.61 Å². The summed E-state index contributed by atoms with van der Waals surface area (Å²) in [5.41, 5.74) is 3.55. The van der Waals surface area contributed by atoms with E-state index in [0.29, 0.717) is 11.3 Å². The molecule has 94 valence electrons. The standard InChI is InChI=1S/C12H13N3O3/c1-8-2-3-10(6-14-8)18-7-9-4-5-17-11(9)12(16)15-13/h2-6H,7,13H2,1H3,(H,15,16). The van der Waals surface area contributed by atoms with E-state index in [-0.39, 0.29) is 12.4 Å². The molecule has 0 atom stereocenters. The molecule has 3 N–H and O–H groups in total. The number of nitrogens with one attached hydrogen (secondary N) is 1. The fourth-order valence-corrected chi connectivity index (χ4v) is 1.41. The number of nitrogens with two attached hydrogens (primary N) is 1. The van der Waals surface area contributed by atoms with Crippen molar-refractivity contribution in [2.45, 2.75) is 13.5 Å². The van der Waals surface area contributed by atoms with Crippen LogP contribution in [0.1, 0.15) is 21.8 Å². The molecule has 1 amide bonds. The molecule has 0 bridgehead atoms. The summed E-state index contributed by atoms with van der Waals surface area (Å²) in [4.78, 5) is 15.5. The highest BCUT2D eigenvalue weighted by molar-refractivity contribution is 5.92. The molecule has 2 aromatic rings. The number of hydrogen-bond acceptors (Lipinski definition) is 5. The van der Waals surface area contributed by atoms with Crippen LogP contribution in [0.5, 0.6) is 5.75 Å². The third-order valence-corrected chi connectivity index (χ3v) is 2.36. The number of aryl methyl sites for hydroxylation is 1. The van der Waals surface area contributed by atoms with Gasteiger partial charge in [-0.15, -0.1) is 0 Å². The predicted octanol–water partition coefficient (Wildman–Crippen LogP) is 1.17. The first-order chi connectivity index (χ1) is 8.70. The summed E-state index contributed by atoms with van der Waals surface area (Å²) in [5.74, 6) is 5.34. The summed E-state index contributed by atoms with van der Waals surface area (Å²) in [5, 5.41) is 0. The zero-order valence-corrected chi connectivity index (χ0v) is 9.84. The lowest BCUT2D eigenvalue weighted by Gasteiger charge is -2.05. The number of furan rings is 1. The van der Waals surface area contributed by atoms with Gasteiger partial charge >= 0.3 is 5.91 Å². The average molecular weight is 247 g/mol. The summed E-state index contributed by atoms with van der Waals surface area (Å²) in [6.07, 6.45) is 3.04. The Morgan fingerprint density at radius 1 is 1.50 bits per heavy atom. The van der Waals surface area contributed by atoms with E-state index in [9.17, 15) is 4.79 Å². The van der Waals surface area contributed by atoms with Gasteiger partial charge in [-0.05, 0) is 25.1 Å². The van der Waals surface area contributed by atoms with E-state index in [2.05, 4.69) is 4.98 Å². The number of nitrogen functional groups attached to an aromatic ring is 1. The molecular weight excluding hydrogens is 234 g/mol. The van der Waals surface area contributed by atoms with E-state index < -0.39 is 5.91 Å². The minimum atomic E-state index is -0.486. The van der Waals surface area contributed by atoms with E-state index in [0.717, 1.165) is 5.69 Å². The molecule has 6 nitrogen and oxygen atoms in total. The van der Waals surface area contributed by atoms with Crippen molar-refractivity contribution in [2.24, 2.45) is 5.84 Å². The largest absolute Gasteiger partial charge is 0.487 e. The van der Waals surface area contributed by atoms with Crippen LogP contribution < -0.4 is 16.0 Å². The van der Waals surface area contributed by atoms with Crippen LogP contribution in [0.3, 0.4) is 0 Å². The highest BCUT2D eigenvalue weighted by Gasteiger charge is 2.14. The second kappa shape index (κ2) is 5.33. The number of ether oxygens (including phenoxy) is 1. The molecule has 0 fully saturated rings. The molecule has 0 aliphatic rings. The molecule has 0 saturated carbocycles. The van der Waals surface area contributed by atoms with Crippen LogP contribution in [0.2, 0.25) is 0 Å². The summed E-state index contributed by atoms with van der Waals surface area (Å²) in [7, 11) is 0. The van der Waals surface area contributed by atoms with Gasteiger partial charge < -0.3 is 9.15 Å². The molecule has 0 aliphatic heterocycles. The Kier molecular flexibility index (Phi) is 3.59. The van der Waals surface area contributed by atoms with Crippen molar-refractivity contribution in [2.75, 3.05) is 0 Å². The molecule has 0 aliphatic carbocycles. The van der Waals surface area contributed by atoms with Crippen LogP contribution in [0.4, 0.5) is 0 Å². The van der Waals surface area contributed by atoms with Crippen LogP contribution >= 0.6 is 0 Å². The van der Waals surface area contributed by atoms with E-state index in [1.165, 1.54) is 6.26 Å². The summed E-state index contributed by atoms with van der Waals surface area (Å²) < 4.78 is 10.5. The number of hydrogen-bond donors (Lipinski definition) is 2.